The number of carbonyl (C=O) groups is 3. The van der Waals surface area contributed by atoms with E-state index in [2.05, 4.69) is 15.7 Å². The number of nitrogens with zero attached hydrogens (tertiary/aromatic N) is 3. The molecular formula is C19H20ClN5O3. The molecule has 0 unspecified atom stereocenters. The Morgan fingerprint density at radius 1 is 1.29 bits per heavy atom. The van der Waals surface area contributed by atoms with Gasteiger partial charge in [0.2, 0.25) is 0 Å². The number of urea groups is 1. The number of hydrogen-bond donors (Lipinski definition) is 2. The lowest BCUT2D eigenvalue weighted by Gasteiger charge is -2.36. The first-order valence-electron chi connectivity index (χ1n) is 9.19. The summed E-state index contributed by atoms with van der Waals surface area (Å²) in [6.07, 6.45) is 2.99. The van der Waals surface area contributed by atoms with Gasteiger partial charge < -0.3 is 10.2 Å². The summed E-state index contributed by atoms with van der Waals surface area (Å²) in [5, 5.41) is 9.98. The fraction of sp³-hybridized carbons (Fsp3) is 0.368. The second-order valence-electron chi connectivity index (χ2n) is 7.03. The van der Waals surface area contributed by atoms with E-state index in [1.165, 1.54) is 0 Å². The minimum Gasteiger partial charge on any atom is -0.338 e. The van der Waals surface area contributed by atoms with Gasteiger partial charge in [0.1, 0.15) is 5.54 Å². The largest absolute Gasteiger partial charge is 0.338 e. The minimum absolute atomic E-state index is 0.121. The van der Waals surface area contributed by atoms with Gasteiger partial charge in [0.05, 0.1) is 23.1 Å². The summed E-state index contributed by atoms with van der Waals surface area (Å²) in [6.45, 7) is 2.74. The van der Waals surface area contributed by atoms with Crippen molar-refractivity contribution >= 4 is 29.4 Å². The number of nitrogens with one attached hydrogen (secondary N) is 2. The third-order valence-corrected chi connectivity index (χ3v) is 5.64. The van der Waals surface area contributed by atoms with E-state index in [0.717, 1.165) is 11.4 Å². The van der Waals surface area contributed by atoms with Crippen LogP contribution in [0.5, 0.6) is 0 Å². The molecule has 9 heteroatoms. The van der Waals surface area contributed by atoms with E-state index < -0.39 is 11.6 Å². The maximum atomic E-state index is 13.1. The first-order chi connectivity index (χ1) is 13.4. The van der Waals surface area contributed by atoms with E-state index in [1.54, 1.807) is 27.9 Å². The molecule has 2 saturated heterocycles. The summed E-state index contributed by atoms with van der Waals surface area (Å²) in [7, 11) is 0. The second kappa shape index (κ2) is 6.94. The number of benzene rings is 1. The molecule has 0 aliphatic carbocycles. The molecule has 0 bridgehead atoms. The minimum atomic E-state index is -0.896. The van der Waals surface area contributed by atoms with Gasteiger partial charge in [-0.15, -0.1) is 0 Å². The van der Waals surface area contributed by atoms with Crippen LogP contribution in [0.25, 0.3) is 5.69 Å². The normalized spacial score (nSPS) is 18.3. The smallest absolute Gasteiger partial charge is 0.322 e. The molecule has 1 spiro atoms. The highest BCUT2D eigenvalue weighted by molar-refractivity contribution is 6.30. The number of rotatable bonds is 3. The molecule has 3 heterocycles. The van der Waals surface area contributed by atoms with Crippen molar-refractivity contribution in [3.8, 4) is 5.69 Å². The van der Waals surface area contributed by atoms with E-state index in [4.69, 9.17) is 11.6 Å². The molecule has 4 rings (SSSR count). The van der Waals surface area contributed by atoms with Crippen LogP contribution in [-0.4, -0.2) is 51.2 Å². The van der Waals surface area contributed by atoms with E-state index in [-0.39, 0.29) is 11.8 Å². The number of aromatic nitrogens is 2. The van der Waals surface area contributed by atoms with Crippen molar-refractivity contribution in [3.05, 3.63) is 46.7 Å². The van der Waals surface area contributed by atoms with Gasteiger partial charge in [0.25, 0.3) is 11.8 Å². The van der Waals surface area contributed by atoms with Gasteiger partial charge in [-0.25, -0.2) is 9.48 Å². The van der Waals surface area contributed by atoms with Crippen LogP contribution in [0.15, 0.2) is 30.5 Å². The number of hydrogen-bond acceptors (Lipinski definition) is 4. The zero-order chi connectivity index (χ0) is 19.9. The first-order valence-corrected chi connectivity index (χ1v) is 9.57. The number of imide groups is 1. The molecule has 2 N–H and O–H groups in total. The van der Waals surface area contributed by atoms with Crippen LogP contribution in [-0.2, 0) is 11.2 Å². The Kier molecular flexibility index (Phi) is 4.58. The third-order valence-electron chi connectivity index (χ3n) is 5.41. The van der Waals surface area contributed by atoms with Gasteiger partial charge in [-0.3, -0.25) is 14.9 Å². The highest BCUT2D eigenvalue weighted by Gasteiger charge is 2.48. The molecule has 2 aliphatic heterocycles. The van der Waals surface area contributed by atoms with Crippen molar-refractivity contribution in [3.63, 3.8) is 0 Å². The van der Waals surface area contributed by atoms with Crippen molar-refractivity contribution in [2.24, 2.45) is 0 Å². The summed E-state index contributed by atoms with van der Waals surface area (Å²) >= 11 is 6.08. The van der Waals surface area contributed by atoms with Crippen molar-refractivity contribution in [2.75, 3.05) is 13.1 Å². The maximum Gasteiger partial charge on any atom is 0.322 e. The van der Waals surface area contributed by atoms with Gasteiger partial charge in [0, 0.05) is 18.1 Å². The molecular weight excluding hydrogens is 382 g/mol. The summed E-state index contributed by atoms with van der Waals surface area (Å²) in [4.78, 5) is 38.3. The van der Waals surface area contributed by atoms with Crippen LogP contribution >= 0.6 is 11.6 Å². The van der Waals surface area contributed by atoms with Crippen molar-refractivity contribution in [2.45, 2.75) is 31.7 Å². The number of likely N-dealkylation sites (tertiary alicyclic amines) is 1. The van der Waals surface area contributed by atoms with Gasteiger partial charge in [0.15, 0.2) is 0 Å². The van der Waals surface area contributed by atoms with Crippen molar-refractivity contribution in [1.29, 1.82) is 0 Å². The van der Waals surface area contributed by atoms with Crippen LogP contribution in [0.2, 0.25) is 5.02 Å². The average Bonchev–Trinajstić information content (AvgIpc) is 3.22. The molecule has 146 valence electrons. The SMILES string of the molecule is CCc1c(C(=O)N2CCC3(CC2)NC(=O)NC3=O)cnn1-c1cccc(Cl)c1. The fourth-order valence-electron chi connectivity index (χ4n) is 3.87. The standard InChI is InChI=1S/C19H20ClN5O3/c1-2-15-14(11-21-25(15)13-5-3-4-12(20)10-13)16(26)24-8-6-19(7-9-24)17(27)22-18(28)23-19/h3-5,10-11H,2,6-9H2,1H3,(H2,22,23,27,28). The van der Waals surface area contributed by atoms with Gasteiger partial charge in [-0.05, 0) is 37.5 Å². The van der Waals surface area contributed by atoms with Crippen LogP contribution in [0.1, 0.15) is 35.8 Å². The summed E-state index contributed by atoms with van der Waals surface area (Å²) < 4.78 is 1.73. The molecule has 2 fully saturated rings. The van der Waals surface area contributed by atoms with Gasteiger partial charge in [-0.2, -0.15) is 5.10 Å². The highest BCUT2D eigenvalue weighted by Crippen LogP contribution is 2.27. The van der Waals surface area contributed by atoms with Crippen LogP contribution in [0.4, 0.5) is 4.79 Å². The Labute approximate surface area is 166 Å². The summed E-state index contributed by atoms with van der Waals surface area (Å²) in [5.41, 5.74) is 1.25. The van der Waals surface area contributed by atoms with Crippen LogP contribution < -0.4 is 10.6 Å². The maximum absolute atomic E-state index is 13.1. The lowest BCUT2D eigenvalue weighted by atomic mass is 9.87. The highest BCUT2D eigenvalue weighted by atomic mass is 35.5. The fourth-order valence-corrected chi connectivity index (χ4v) is 4.05. The molecule has 2 aliphatic rings. The average molecular weight is 402 g/mol. The predicted octanol–water partition coefficient (Wildman–Crippen LogP) is 1.90. The zero-order valence-corrected chi connectivity index (χ0v) is 16.1. The Morgan fingerprint density at radius 2 is 2.04 bits per heavy atom. The number of halogens is 1. The number of piperidine rings is 1. The lowest BCUT2D eigenvalue weighted by Crippen LogP contribution is -2.55. The molecule has 1 aromatic heterocycles. The van der Waals surface area contributed by atoms with Crippen LogP contribution in [0.3, 0.4) is 0 Å². The predicted molar refractivity (Wildman–Crippen MR) is 102 cm³/mol. The molecule has 28 heavy (non-hydrogen) atoms. The number of carbonyl (C=O) groups excluding carboxylic acids is 3. The monoisotopic (exact) mass is 401 g/mol. The molecule has 4 amide bonds. The molecule has 0 atom stereocenters. The molecule has 0 saturated carbocycles. The Hall–Kier alpha value is -2.87. The topological polar surface area (TPSA) is 96.3 Å². The van der Waals surface area contributed by atoms with Crippen molar-refractivity contribution < 1.29 is 14.4 Å². The van der Waals surface area contributed by atoms with E-state index >= 15 is 0 Å². The lowest BCUT2D eigenvalue weighted by molar-refractivity contribution is -0.125. The van der Waals surface area contributed by atoms with E-state index in [0.29, 0.717) is 42.9 Å². The summed E-state index contributed by atoms with van der Waals surface area (Å²) in [5.74, 6) is -0.433. The molecule has 1 aromatic carbocycles. The van der Waals surface area contributed by atoms with Gasteiger partial charge >= 0.3 is 6.03 Å². The molecule has 2 aromatic rings. The van der Waals surface area contributed by atoms with Crippen molar-refractivity contribution in [1.82, 2.24) is 25.3 Å². The Bertz CT molecular complexity index is 962. The molecule has 0 radical (unpaired) electrons. The molecule has 8 nitrogen and oxygen atoms in total. The van der Waals surface area contributed by atoms with Crippen LogP contribution in [0, 0.1) is 0 Å². The van der Waals surface area contributed by atoms with Gasteiger partial charge in [-0.1, -0.05) is 24.6 Å². The zero-order valence-electron chi connectivity index (χ0n) is 15.4. The Morgan fingerprint density at radius 3 is 2.64 bits per heavy atom. The first kappa shape index (κ1) is 18.5. The van der Waals surface area contributed by atoms with E-state index in [9.17, 15) is 14.4 Å². The third kappa shape index (κ3) is 3.03. The number of amides is 4. The quantitative estimate of drug-likeness (QED) is 0.768. The Balaban J connectivity index is 1.55. The second-order valence-corrected chi connectivity index (χ2v) is 7.47. The summed E-state index contributed by atoms with van der Waals surface area (Å²) in [6, 6.07) is 6.84. The van der Waals surface area contributed by atoms with E-state index in [1.807, 2.05) is 19.1 Å².